The molecule has 0 fully saturated rings. The molecule has 0 saturated heterocycles. The molecule has 0 amide bonds. The zero-order valence-electron chi connectivity index (χ0n) is 14.8. The Balaban J connectivity index is 2.02. The van der Waals surface area contributed by atoms with Crippen molar-refractivity contribution in [2.45, 2.75) is 12.8 Å². The summed E-state index contributed by atoms with van der Waals surface area (Å²) in [4.78, 5) is 15.1. The van der Waals surface area contributed by atoms with Crippen LogP contribution in [0, 0.1) is 11.6 Å². The van der Waals surface area contributed by atoms with Gasteiger partial charge in [0.2, 0.25) is 0 Å². The third-order valence-corrected chi connectivity index (χ3v) is 4.14. The number of carbonyl (C=O) groups is 1. The van der Waals surface area contributed by atoms with Gasteiger partial charge in [0.1, 0.15) is 11.6 Å². The molecule has 0 aliphatic rings. The van der Waals surface area contributed by atoms with Gasteiger partial charge in [0.05, 0.1) is 5.69 Å². The average molecular weight is 384 g/mol. The van der Waals surface area contributed by atoms with E-state index in [0.717, 1.165) is 6.07 Å². The molecule has 5 nitrogen and oxygen atoms in total. The van der Waals surface area contributed by atoms with Crippen LogP contribution < -0.4 is 5.32 Å². The Labute approximate surface area is 160 Å². The molecule has 0 aliphatic carbocycles. The number of aromatic nitrogens is 1. The number of para-hydroxylation sites is 1. The highest BCUT2D eigenvalue weighted by Gasteiger charge is 2.14. The van der Waals surface area contributed by atoms with E-state index < -0.39 is 17.6 Å². The van der Waals surface area contributed by atoms with E-state index in [9.17, 15) is 18.7 Å². The van der Waals surface area contributed by atoms with E-state index in [2.05, 4.69) is 10.3 Å². The lowest BCUT2D eigenvalue weighted by atomic mass is 10.0. The van der Waals surface area contributed by atoms with Crippen molar-refractivity contribution in [3.05, 3.63) is 66.2 Å². The molecule has 1 aromatic heterocycles. The first-order chi connectivity index (χ1) is 13.5. The number of phenolic OH excluding ortho intramolecular Hbond substituents is 1. The van der Waals surface area contributed by atoms with Gasteiger partial charge in [0.15, 0.2) is 11.6 Å². The molecule has 144 valence electrons. The summed E-state index contributed by atoms with van der Waals surface area (Å²) >= 11 is 0. The molecular formula is C21H18F2N2O3. The van der Waals surface area contributed by atoms with Crippen LogP contribution in [0.25, 0.3) is 22.4 Å². The third-order valence-electron chi connectivity index (χ3n) is 4.14. The summed E-state index contributed by atoms with van der Waals surface area (Å²) in [6, 6.07) is 13.6. The molecule has 3 aromatic rings. The standard InChI is InChI=1S/C21H18F2N2O3/c22-16-7-3-6-14(21(16)23)13-11-17(15-5-1-2-8-18(15)26)25-19(12-13)24-10-4-9-20(27)28/h1-3,5-8,11-12,26H,4,9-10H2,(H,24,25)(H,27,28). The number of rotatable bonds is 7. The third kappa shape index (κ3) is 4.43. The number of nitrogens with one attached hydrogen (secondary N) is 1. The fourth-order valence-electron chi connectivity index (χ4n) is 2.79. The number of carboxylic acid groups (broad SMARTS) is 1. The molecule has 0 bridgehead atoms. The van der Waals surface area contributed by atoms with Crippen molar-refractivity contribution in [1.29, 1.82) is 0 Å². The number of halogens is 2. The number of hydrogen-bond donors (Lipinski definition) is 3. The molecule has 3 N–H and O–H groups in total. The number of nitrogens with zero attached hydrogens (tertiary/aromatic N) is 1. The minimum absolute atomic E-state index is 0.00243. The van der Waals surface area contributed by atoms with Crippen LogP contribution in [-0.4, -0.2) is 27.7 Å². The van der Waals surface area contributed by atoms with E-state index in [0.29, 0.717) is 35.6 Å². The highest BCUT2D eigenvalue weighted by molar-refractivity contribution is 5.76. The van der Waals surface area contributed by atoms with Crippen LogP contribution in [0.15, 0.2) is 54.6 Å². The minimum Gasteiger partial charge on any atom is -0.507 e. The summed E-state index contributed by atoms with van der Waals surface area (Å²) in [6.07, 6.45) is 0.374. The van der Waals surface area contributed by atoms with Crippen LogP contribution in [0.2, 0.25) is 0 Å². The quantitative estimate of drug-likeness (QED) is 0.516. The van der Waals surface area contributed by atoms with Gasteiger partial charge < -0.3 is 15.5 Å². The Hall–Kier alpha value is -3.48. The molecule has 0 aliphatic heterocycles. The SMILES string of the molecule is O=C(O)CCCNc1cc(-c2cccc(F)c2F)cc(-c2ccccc2O)n1. The zero-order valence-corrected chi connectivity index (χ0v) is 14.8. The lowest BCUT2D eigenvalue weighted by Gasteiger charge is -2.12. The van der Waals surface area contributed by atoms with Gasteiger partial charge in [0.25, 0.3) is 0 Å². The fraction of sp³-hybridized carbons (Fsp3) is 0.143. The number of pyridine rings is 1. The van der Waals surface area contributed by atoms with Crippen molar-refractivity contribution in [2.75, 3.05) is 11.9 Å². The first-order valence-electron chi connectivity index (χ1n) is 8.66. The van der Waals surface area contributed by atoms with Gasteiger partial charge in [-0.05, 0) is 42.3 Å². The number of carboxylic acids is 1. The molecular weight excluding hydrogens is 366 g/mol. The van der Waals surface area contributed by atoms with Crippen molar-refractivity contribution >= 4 is 11.8 Å². The highest BCUT2D eigenvalue weighted by Crippen LogP contribution is 2.33. The maximum atomic E-state index is 14.3. The summed E-state index contributed by atoms with van der Waals surface area (Å²) in [5.41, 5.74) is 1.26. The van der Waals surface area contributed by atoms with E-state index >= 15 is 0 Å². The lowest BCUT2D eigenvalue weighted by Crippen LogP contribution is -2.07. The monoisotopic (exact) mass is 384 g/mol. The number of aliphatic carboxylic acids is 1. The smallest absolute Gasteiger partial charge is 0.303 e. The normalized spacial score (nSPS) is 10.6. The molecule has 28 heavy (non-hydrogen) atoms. The largest absolute Gasteiger partial charge is 0.507 e. The Kier molecular flexibility index (Phi) is 5.84. The van der Waals surface area contributed by atoms with Crippen LogP contribution in [0.3, 0.4) is 0 Å². The maximum absolute atomic E-state index is 14.3. The topological polar surface area (TPSA) is 82.5 Å². The molecule has 7 heteroatoms. The maximum Gasteiger partial charge on any atom is 0.303 e. The zero-order chi connectivity index (χ0) is 20.1. The van der Waals surface area contributed by atoms with Crippen molar-refractivity contribution in [1.82, 2.24) is 4.98 Å². The highest BCUT2D eigenvalue weighted by atomic mass is 19.2. The summed E-state index contributed by atoms with van der Waals surface area (Å²) in [5, 5.41) is 21.9. The van der Waals surface area contributed by atoms with E-state index in [4.69, 9.17) is 5.11 Å². The van der Waals surface area contributed by atoms with Crippen molar-refractivity contribution in [3.63, 3.8) is 0 Å². The van der Waals surface area contributed by atoms with Crippen LogP contribution in [-0.2, 0) is 4.79 Å². The van der Waals surface area contributed by atoms with E-state index in [1.807, 2.05) is 0 Å². The molecule has 0 unspecified atom stereocenters. The average Bonchev–Trinajstić information content (AvgIpc) is 2.67. The van der Waals surface area contributed by atoms with Gasteiger partial charge in [-0.2, -0.15) is 0 Å². The number of benzene rings is 2. The van der Waals surface area contributed by atoms with E-state index in [-0.39, 0.29) is 17.7 Å². The van der Waals surface area contributed by atoms with Gasteiger partial charge >= 0.3 is 5.97 Å². The summed E-state index contributed by atoms with van der Waals surface area (Å²) < 4.78 is 28.0. The van der Waals surface area contributed by atoms with Crippen molar-refractivity contribution < 1.29 is 23.8 Å². The minimum atomic E-state index is -0.978. The predicted octanol–water partition coefficient (Wildman–Crippen LogP) is 4.68. The molecule has 0 saturated carbocycles. The second-order valence-corrected chi connectivity index (χ2v) is 6.17. The predicted molar refractivity (Wildman–Crippen MR) is 102 cm³/mol. The van der Waals surface area contributed by atoms with Crippen LogP contribution >= 0.6 is 0 Å². The second kappa shape index (κ2) is 8.47. The fourth-order valence-corrected chi connectivity index (χ4v) is 2.79. The molecule has 0 spiro atoms. The van der Waals surface area contributed by atoms with Crippen LogP contribution in [0.4, 0.5) is 14.6 Å². The number of anilines is 1. The first kappa shape index (κ1) is 19.3. The summed E-state index contributed by atoms with van der Waals surface area (Å²) in [7, 11) is 0. The molecule has 2 aromatic carbocycles. The summed E-state index contributed by atoms with van der Waals surface area (Å²) in [5.74, 6) is -2.48. The Morgan fingerprint density at radius 2 is 1.79 bits per heavy atom. The molecule has 3 rings (SSSR count). The van der Waals surface area contributed by atoms with Gasteiger partial charge in [-0.1, -0.05) is 24.3 Å². The molecule has 0 radical (unpaired) electrons. The van der Waals surface area contributed by atoms with Crippen LogP contribution in [0.1, 0.15) is 12.8 Å². The first-order valence-corrected chi connectivity index (χ1v) is 8.66. The van der Waals surface area contributed by atoms with E-state index in [1.54, 1.807) is 30.3 Å². The Morgan fingerprint density at radius 1 is 1.04 bits per heavy atom. The van der Waals surface area contributed by atoms with E-state index in [1.165, 1.54) is 18.2 Å². The number of hydrogen-bond acceptors (Lipinski definition) is 4. The lowest BCUT2D eigenvalue weighted by molar-refractivity contribution is -0.137. The Morgan fingerprint density at radius 3 is 2.54 bits per heavy atom. The van der Waals surface area contributed by atoms with Gasteiger partial charge in [-0.25, -0.2) is 13.8 Å². The van der Waals surface area contributed by atoms with Crippen molar-refractivity contribution in [3.8, 4) is 28.1 Å². The van der Waals surface area contributed by atoms with Gasteiger partial charge in [-0.15, -0.1) is 0 Å². The number of aromatic hydroxyl groups is 1. The Bertz CT molecular complexity index is 1010. The van der Waals surface area contributed by atoms with Crippen LogP contribution in [0.5, 0.6) is 5.75 Å². The second-order valence-electron chi connectivity index (χ2n) is 6.17. The summed E-state index contributed by atoms with van der Waals surface area (Å²) in [6.45, 7) is 0.342. The molecule has 0 atom stereocenters. The van der Waals surface area contributed by atoms with Gasteiger partial charge in [-0.3, -0.25) is 4.79 Å². The molecule has 1 heterocycles. The number of phenols is 1. The van der Waals surface area contributed by atoms with Crippen molar-refractivity contribution in [2.24, 2.45) is 0 Å². The van der Waals surface area contributed by atoms with Gasteiger partial charge in [0, 0.05) is 24.1 Å².